The molecule has 0 aliphatic carbocycles. The Morgan fingerprint density at radius 2 is 1.89 bits per heavy atom. The fourth-order valence-corrected chi connectivity index (χ4v) is 2.69. The van der Waals surface area contributed by atoms with Gasteiger partial charge in [0.25, 0.3) is 0 Å². The van der Waals surface area contributed by atoms with Gasteiger partial charge in [-0.15, -0.1) is 0 Å². The molecule has 1 fully saturated rings. The summed E-state index contributed by atoms with van der Waals surface area (Å²) in [6.45, 7) is 2.81. The second-order valence-electron chi connectivity index (χ2n) is 4.91. The number of hydrogen-bond donors (Lipinski definition) is 1. The number of benzene rings is 1. The molecular weight excluding hydrogens is 222 g/mol. The molecule has 3 nitrogen and oxygen atoms in total. The molecule has 0 atom stereocenters. The standard InChI is InChI=1S/C15H19N3/c16-11-12-10-15(18-8-4-1-5-9-18)17-14-7-3-2-6-13(12)14/h2-3,6-7,10H,1,4-5,8-9,11,16H2. The lowest BCUT2D eigenvalue weighted by Crippen LogP contribution is -2.30. The summed E-state index contributed by atoms with van der Waals surface area (Å²) in [5.74, 6) is 1.09. The third kappa shape index (κ3) is 2.06. The Morgan fingerprint density at radius 1 is 1.11 bits per heavy atom. The molecular formula is C15H19N3. The van der Waals surface area contributed by atoms with Crippen LogP contribution in [0.4, 0.5) is 5.82 Å². The van der Waals surface area contributed by atoms with E-state index in [1.807, 2.05) is 12.1 Å². The minimum atomic E-state index is 0.573. The predicted octanol–water partition coefficient (Wildman–Crippen LogP) is 2.68. The molecule has 2 heterocycles. The lowest BCUT2D eigenvalue weighted by molar-refractivity contribution is 0.574. The van der Waals surface area contributed by atoms with Crippen LogP contribution in [0.3, 0.4) is 0 Å². The molecule has 2 N–H and O–H groups in total. The fourth-order valence-electron chi connectivity index (χ4n) is 2.69. The van der Waals surface area contributed by atoms with Gasteiger partial charge in [0.1, 0.15) is 5.82 Å². The van der Waals surface area contributed by atoms with E-state index in [0.29, 0.717) is 6.54 Å². The number of anilines is 1. The molecule has 0 radical (unpaired) electrons. The van der Waals surface area contributed by atoms with Gasteiger partial charge in [0, 0.05) is 25.0 Å². The first kappa shape index (κ1) is 11.5. The largest absolute Gasteiger partial charge is 0.357 e. The average molecular weight is 241 g/mol. The maximum Gasteiger partial charge on any atom is 0.129 e. The van der Waals surface area contributed by atoms with Gasteiger partial charge < -0.3 is 10.6 Å². The number of fused-ring (bicyclic) bond motifs is 1. The maximum absolute atomic E-state index is 5.87. The van der Waals surface area contributed by atoms with Gasteiger partial charge in [-0.25, -0.2) is 4.98 Å². The van der Waals surface area contributed by atoms with Crippen molar-refractivity contribution in [2.45, 2.75) is 25.8 Å². The molecule has 0 bridgehead atoms. The molecule has 1 aliphatic rings. The van der Waals surface area contributed by atoms with E-state index in [4.69, 9.17) is 10.7 Å². The van der Waals surface area contributed by atoms with E-state index in [2.05, 4.69) is 23.1 Å². The maximum atomic E-state index is 5.87. The van der Waals surface area contributed by atoms with Gasteiger partial charge in [0.2, 0.25) is 0 Å². The van der Waals surface area contributed by atoms with Gasteiger partial charge in [0.05, 0.1) is 5.52 Å². The van der Waals surface area contributed by atoms with Gasteiger partial charge in [0.15, 0.2) is 0 Å². The van der Waals surface area contributed by atoms with Crippen LogP contribution in [0.1, 0.15) is 24.8 Å². The average Bonchev–Trinajstić information content (AvgIpc) is 2.47. The van der Waals surface area contributed by atoms with Crippen molar-refractivity contribution in [1.82, 2.24) is 4.98 Å². The zero-order valence-corrected chi connectivity index (χ0v) is 10.6. The number of nitrogens with zero attached hydrogens (tertiary/aromatic N) is 2. The lowest BCUT2D eigenvalue weighted by Gasteiger charge is -2.28. The van der Waals surface area contributed by atoms with Crippen molar-refractivity contribution >= 4 is 16.7 Å². The molecule has 3 heteroatoms. The topological polar surface area (TPSA) is 42.1 Å². The van der Waals surface area contributed by atoms with E-state index in [0.717, 1.165) is 24.4 Å². The molecule has 2 aromatic rings. The molecule has 1 aliphatic heterocycles. The van der Waals surface area contributed by atoms with Crippen LogP contribution in [0.25, 0.3) is 10.9 Å². The van der Waals surface area contributed by atoms with E-state index < -0.39 is 0 Å². The molecule has 0 spiro atoms. The summed E-state index contributed by atoms with van der Waals surface area (Å²) < 4.78 is 0. The quantitative estimate of drug-likeness (QED) is 0.879. The van der Waals surface area contributed by atoms with Crippen LogP contribution < -0.4 is 10.6 Å². The Balaban J connectivity index is 2.07. The number of piperidine rings is 1. The molecule has 0 amide bonds. The van der Waals surface area contributed by atoms with E-state index in [1.165, 1.54) is 30.2 Å². The SMILES string of the molecule is NCc1cc(N2CCCCC2)nc2ccccc12. The third-order valence-corrected chi connectivity index (χ3v) is 3.69. The molecule has 94 valence electrons. The molecule has 1 saturated heterocycles. The highest BCUT2D eigenvalue weighted by Gasteiger charge is 2.14. The van der Waals surface area contributed by atoms with Gasteiger partial charge in [-0.05, 0) is 37.0 Å². The molecule has 0 saturated carbocycles. The van der Waals surface area contributed by atoms with Gasteiger partial charge >= 0.3 is 0 Å². The smallest absolute Gasteiger partial charge is 0.129 e. The van der Waals surface area contributed by atoms with Crippen molar-refractivity contribution in [2.24, 2.45) is 5.73 Å². The molecule has 3 rings (SSSR count). The predicted molar refractivity (Wildman–Crippen MR) is 75.7 cm³/mol. The van der Waals surface area contributed by atoms with Crippen molar-refractivity contribution in [1.29, 1.82) is 0 Å². The van der Waals surface area contributed by atoms with E-state index in [9.17, 15) is 0 Å². The monoisotopic (exact) mass is 241 g/mol. The summed E-state index contributed by atoms with van der Waals surface area (Å²) in [6.07, 6.45) is 3.88. The van der Waals surface area contributed by atoms with Crippen LogP contribution in [0.15, 0.2) is 30.3 Å². The zero-order valence-electron chi connectivity index (χ0n) is 10.6. The van der Waals surface area contributed by atoms with Crippen molar-refractivity contribution in [3.8, 4) is 0 Å². The first-order valence-electron chi connectivity index (χ1n) is 6.72. The molecule has 1 aromatic carbocycles. The van der Waals surface area contributed by atoms with Crippen LogP contribution in [0.5, 0.6) is 0 Å². The van der Waals surface area contributed by atoms with Gasteiger partial charge in [-0.2, -0.15) is 0 Å². The lowest BCUT2D eigenvalue weighted by atomic mass is 10.1. The van der Waals surface area contributed by atoms with Crippen LogP contribution in [0.2, 0.25) is 0 Å². The highest BCUT2D eigenvalue weighted by molar-refractivity contribution is 5.84. The highest BCUT2D eigenvalue weighted by Crippen LogP contribution is 2.24. The normalized spacial score (nSPS) is 16.2. The Hall–Kier alpha value is -1.61. The summed E-state index contributed by atoms with van der Waals surface area (Å²) in [6, 6.07) is 10.4. The van der Waals surface area contributed by atoms with Gasteiger partial charge in [-0.1, -0.05) is 18.2 Å². The summed E-state index contributed by atoms with van der Waals surface area (Å²) in [7, 11) is 0. The minimum Gasteiger partial charge on any atom is -0.357 e. The number of hydrogen-bond acceptors (Lipinski definition) is 3. The van der Waals surface area contributed by atoms with Gasteiger partial charge in [-0.3, -0.25) is 0 Å². The van der Waals surface area contributed by atoms with Crippen molar-refractivity contribution in [3.05, 3.63) is 35.9 Å². The van der Waals surface area contributed by atoms with Crippen LogP contribution in [0, 0.1) is 0 Å². The Kier molecular flexibility index (Phi) is 3.15. The number of aromatic nitrogens is 1. The fraction of sp³-hybridized carbons (Fsp3) is 0.400. The second-order valence-corrected chi connectivity index (χ2v) is 4.91. The Bertz CT molecular complexity index is 544. The minimum absolute atomic E-state index is 0.573. The summed E-state index contributed by atoms with van der Waals surface area (Å²) >= 11 is 0. The van der Waals surface area contributed by atoms with E-state index in [1.54, 1.807) is 0 Å². The third-order valence-electron chi connectivity index (χ3n) is 3.69. The Morgan fingerprint density at radius 3 is 2.67 bits per heavy atom. The molecule has 1 aromatic heterocycles. The van der Waals surface area contributed by atoms with E-state index >= 15 is 0 Å². The highest BCUT2D eigenvalue weighted by atomic mass is 15.2. The van der Waals surface area contributed by atoms with E-state index in [-0.39, 0.29) is 0 Å². The summed E-state index contributed by atoms with van der Waals surface area (Å²) in [5.41, 5.74) is 8.12. The van der Waals surface area contributed by atoms with Crippen LogP contribution in [-0.4, -0.2) is 18.1 Å². The number of rotatable bonds is 2. The molecule has 18 heavy (non-hydrogen) atoms. The van der Waals surface area contributed by atoms with Crippen molar-refractivity contribution in [2.75, 3.05) is 18.0 Å². The van der Waals surface area contributed by atoms with Crippen molar-refractivity contribution < 1.29 is 0 Å². The second kappa shape index (κ2) is 4.94. The van der Waals surface area contributed by atoms with Crippen LogP contribution >= 0.6 is 0 Å². The first-order chi connectivity index (χ1) is 8.88. The number of nitrogens with two attached hydrogens (primary N) is 1. The number of pyridine rings is 1. The van der Waals surface area contributed by atoms with Crippen molar-refractivity contribution in [3.63, 3.8) is 0 Å². The first-order valence-corrected chi connectivity index (χ1v) is 6.72. The molecule has 0 unspecified atom stereocenters. The zero-order chi connectivity index (χ0) is 12.4. The van der Waals surface area contributed by atoms with Crippen LogP contribution in [-0.2, 0) is 6.54 Å². The number of para-hydroxylation sites is 1. The summed E-state index contributed by atoms with van der Waals surface area (Å²) in [4.78, 5) is 7.16. The Labute approximate surface area is 108 Å². The summed E-state index contributed by atoms with van der Waals surface area (Å²) in [5, 5.41) is 1.18.